The van der Waals surface area contributed by atoms with Crippen molar-refractivity contribution in [2.45, 2.75) is 30.5 Å². The third-order valence-electron chi connectivity index (χ3n) is 2.07. The van der Waals surface area contributed by atoms with E-state index in [1.807, 2.05) is 0 Å². The first-order valence-corrected chi connectivity index (χ1v) is 5.77. The van der Waals surface area contributed by atoms with Crippen LogP contribution in [0.1, 0.15) is 25.7 Å². The Balaban J connectivity index is 2.37. The highest BCUT2D eigenvalue weighted by Crippen LogP contribution is 2.14. The number of hydroxylamine groups is 2. The fourth-order valence-electron chi connectivity index (χ4n) is 1.17. The Kier molecular flexibility index (Phi) is 4.62. The van der Waals surface area contributed by atoms with E-state index in [9.17, 15) is 19.2 Å². The van der Waals surface area contributed by atoms with Crippen LogP contribution in [0.5, 0.6) is 0 Å². The zero-order chi connectivity index (χ0) is 13.0. The lowest BCUT2D eigenvalue weighted by Gasteiger charge is -2.12. The molecule has 0 saturated carbocycles. The predicted octanol–water partition coefficient (Wildman–Crippen LogP) is 0.222. The Morgan fingerprint density at radius 3 is 2.35 bits per heavy atom. The molecule has 1 atom stereocenters. The molecule has 0 aliphatic carbocycles. The van der Waals surface area contributed by atoms with E-state index in [1.54, 1.807) is 0 Å². The average Bonchev–Trinajstić information content (AvgIpc) is 2.57. The number of hydrogen-bond donors (Lipinski definition) is 1. The van der Waals surface area contributed by atoms with E-state index in [-0.39, 0.29) is 25.7 Å². The van der Waals surface area contributed by atoms with Gasteiger partial charge in [0.15, 0.2) is 0 Å². The van der Waals surface area contributed by atoms with E-state index < -0.39 is 28.6 Å². The Morgan fingerprint density at radius 2 is 1.88 bits per heavy atom. The minimum absolute atomic E-state index is 0.0182. The van der Waals surface area contributed by atoms with Crippen molar-refractivity contribution in [2.24, 2.45) is 0 Å². The van der Waals surface area contributed by atoms with Crippen LogP contribution in [-0.2, 0) is 24.0 Å². The van der Waals surface area contributed by atoms with Gasteiger partial charge in [-0.05, 0) is 6.42 Å². The van der Waals surface area contributed by atoms with Crippen LogP contribution in [0.4, 0.5) is 0 Å². The first kappa shape index (κ1) is 13.6. The monoisotopic (exact) mass is 307 g/mol. The van der Waals surface area contributed by atoms with Crippen molar-refractivity contribution in [3.63, 3.8) is 0 Å². The van der Waals surface area contributed by atoms with E-state index in [0.29, 0.717) is 5.06 Å². The number of halogens is 1. The third kappa shape index (κ3) is 3.81. The summed E-state index contributed by atoms with van der Waals surface area (Å²) in [4.78, 5) is 47.5. The first-order valence-electron chi connectivity index (χ1n) is 4.85. The number of carbonyl (C=O) groups is 4. The highest BCUT2D eigenvalue weighted by molar-refractivity contribution is 9.10. The van der Waals surface area contributed by atoms with Gasteiger partial charge in [-0.3, -0.25) is 14.4 Å². The number of hydrogen-bond acceptors (Lipinski definition) is 5. The zero-order valence-corrected chi connectivity index (χ0v) is 10.3. The number of carboxylic acids is 1. The van der Waals surface area contributed by atoms with Crippen molar-refractivity contribution < 1.29 is 29.1 Å². The van der Waals surface area contributed by atoms with Gasteiger partial charge in [-0.15, -0.1) is 5.06 Å². The van der Waals surface area contributed by atoms with Gasteiger partial charge in [0.1, 0.15) is 4.83 Å². The van der Waals surface area contributed by atoms with Gasteiger partial charge < -0.3 is 9.94 Å². The number of rotatable bonds is 5. The lowest BCUT2D eigenvalue weighted by molar-refractivity contribution is -0.197. The molecule has 1 rings (SSSR count). The molecule has 0 aromatic heterocycles. The zero-order valence-electron chi connectivity index (χ0n) is 8.72. The maximum atomic E-state index is 11.2. The minimum Gasteiger partial charge on any atom is -0.480 e. The van der Waals surface area contributed by atoms with Crippen LogP contribution in [0, 0.1) is 0 Å². The van der Waals surface area contributed by atoms with Gasteiger partial charge in [0, 0.05) is 19.3 Å². The highest BCUT2D eigenvalue weighted by atomic mass is 79.9. The van der Waals surface area contributed by atoms with Gasteiger partial charge in [0.2, 0.25) is 0 Å². The topological polar surface area (TPSA) is 101 Å². The van der Waals surface area contributed by atoms with Gasteiger partial charge in [-0.1, -0.05) is 15.9 Å². The normalized spacial score (nSPS) is 17.1. The Hall–Kier alpha value is -1.44. The van der Waals surface area contributed by atoms with Crippen molar-refractivity contribution in [1.29, 1.82) is 0 Å². The molecule has 1 fully saturated rings. The van der Waals surface area contributed by atoms with Gasteiger partial charge in [-0.2, -0.15) is 0 Å². The summed E-state index contributed by atoms with van der Waals surface area (Å²) < 4.78 is 0. The van der Waals surface area contributed by atoms with Gasteiger partial charge in [-0.25, -0.2) is 4.79 Å². The number of carboxylic acid groups (broad SMARTS) is 1. The number of amides is 2. The summed E-state index contributed by atoms with van der Waals surface area (Å²) in [5, 5.41) is 8.98. The fourth-order valence-corrected chi connectivity index (χ4v) is 1.40. The van der Waals surface area contributed by atoms with Crippen LogP contribution in [0.3, 0.4) is 0 Å². The molecule has 0 aromatic rings. The molecule has 94 valence electrons. The minimum atomic E-state index is -1.09. The van der Waals surface area contributed by atoms with Crippen LogP contribution in [-0.4, -0.2) is 38.7 Å². The lowest BCUT2D eigenvalue weighted by Crippen LogP contribution is -2.32. The third-order valence-corrected chi connectivity index (χ3v) is 2.92. The lowest BCUT2D eigenvalue weighted by atomic mass is 10.2. The van der Waals surface area contributed by atoms with Crippen LogP contribution in [0.25, 0.3) is 0 Å². The number of carbonyl (C=O) groups excluding carboxylic acids is 3. The molecule has 0 bridgehead atoms. The van der Waals surface area contributed by atoms with Crippen molar-refractivity contribution in [1.82, 2.24) is 5.06 Å². The Labute approximate surface area is 105 Å². The van der Waals surface area contributed by atoms with E-state index in [2.05, 4.69) is 20.8 Å². The van der Waals surface area contributed by atoms with Crippen molar-refractivity contribution >= 4 is 39.7 Å². The van der Waals surface area contributed by atoms with Crippen LogP contribution >= 0.6 is 15.9 Å². The van der Waals surface area contributed by atoms with Gasteiger partial charge in [0.25, 0.3) is 11.8 Å². The van der Waals surface area contributed by atoms with Gasteiger partial charge in [0.05, 0.1) is 0 Å². The molecule has 0 spiro atoms. The van der Waals surface area contributed by atoms with Crippen LogP contribution in [0.15, 0.2) is 0 Å². The molecule has 0 aromatic carbocycles. The predicted molar refractivity (Wildman–Crippen MR) is 56.8 cm³/mol. The van der Waals surface area contributed by atoms with E-state index in [0.717, 1.165) is 0 Å². The molecule has 8 heteroatoms. The molecule has 1 aliphatic heterocycles. The number of nitrogens with zero attached hydrogens (tertiary/aromatic N) is 1. The fraction of sp³-hybridized carbons (Fsp3) is 0.556. The molecule has 1 heterocycles. The maximum absolute atomic E-state index is 11.2. The average molecular weight is 308 g/mol. The molecule has 0 radical (unpaired) electrons. The molecule has 7 nitrogen and oxygen atoms in total. The molecular formula is C9H10BrNO6. The first-order chi connectivity index (χ1) is 7.91. The number of imide groups is 1. The molecule has 1 saturated heterocycles. The summed E-state index contributed by atoms with van der Waals surface area (Å²) in [5.41, 5.74) is 0. The standard InChI is InChI=1S/C9H10BrNO6/c10-5(9(15)16)1-4-8(14)17-11-6(12)2-3-7(11)13/h5H,1-4H2,(H,15,16). The van der Waals surface area contributed by atoms with Crippen LogP contribution < -0.4 is 0 Å². The Bertz CT molecular complexity index is 352. The molecule has 1 unspecified atom stereocenters. The second-order valence-electron chi connectivity index (χ2n) is 3.39. The summed E-state index contributed by atoms with van der Waals surface area (Å²) in [7, 11) is 0. The summed E-state index contributed by atoms with van der Waals surface area (Å²) in [6, 6.07) is 0. The molecule has 2 amide bonds. The quantitative estimate of drug-likeness (QED) is 0.576. The van der Waals surface area contributed by atoms with Gasteiger partial charge >= 0.3 is 11.9 Å². The molecule has 1 N–H and O–H groups in total. The SMILES string of the molecule is O=C(CCC(Br)C(=O)O)ON1C(=O)CCC1=O. The van der Waals surface area contributed by atoms with E-state index >= 15 is 0 Å². The van der Waals surface area contributed by atoms with E-state index in [1.165, 1.54) is 0 Å². The smallest absolute Gasteiger partial charge is 0.333 e. The van der Waals surface area contributed by atoms with Crippen molar-refractivity contribution in [3.05, 3.63) is 0 Å². The number of aliphatic carboxylic acids is 1. The van der Waals surface area contributed by atoms with Crippen molar-refractivity contribution in [3.8, 4) is 0 Å². The molecular weight excluding hydrogens is 298 g/mol. The summed E-state index contributed by atoms with van der Waals surface area (Å²) in [6.45, 7) is 0. The second-order valence-corrected chi connectivity index (χ2v) is 4.49. The summed E-state index contributed by atoms with van der Waals surface area (Å²) in [6.07, 6.45) is -0.117. The van der Waals surface area contributed by atoms with Crippen molar-refractivity contribution in [2.75, 3.05) is 0 Å². The molecule has 17 heavy (non-hydrogen) atoms. The largest absolute Gasteiger partial charge is 0.480 e. The van der Waals surface area contributed by atoms with E-state index in [4.69, 9.17) is 5.11 Å². The summed E-state index contributed by atoms with van der Waals surface area (Å²) >= 11 is 2.85. The molecule has 1 aliphatic rings. The second kappa shape index (κ2) is 5.76. The van der Waals surface area contributed by atoms with Crippen LogP contribution in [0.2, 0.25) is 0 Å². The Morgan fingerprint density at radius 1 is 1.35 bits per heavy atom. The number of alkyl halides is 1. The summed E-state index contributed by atoms with van der Waals surface area (Å²) in [5.74, 6) is -3.01. The maximum Gasteiger partial charge on any atom is 0.333 e. The highest BCUT2D eigenvalue weighted by Gasteiger charge is 2.32.